The Kier molecular flexibility index (Phi) is 3.34. The van der Waals surface area contributed by atoms with E-state index in [1.807, 2.05) is 30.5 Å². The molecule has 0 N–H and O–H groups in total. The van der Waals surface area contributed by atoms with E-state index in [4.69, 9.17) is 0 Å². The summed E-state index contributed by atoms with van der Waals surface area (Å²) >= 11 is 0. The van der Waals surface area contributed by atoms with Gasteiger partial charge in [-0.15, -0.1) is 0 Å². The molecule has 2 nitrogen and oxygen atoms in total. The lowest BCUT2D eigenvalue weighted by Crippen LogP contribution is -1.97. The number of aromatic nitrogens is 1. The van der Waals surface area contributed by atoms with Gasteiger partial charge in [0.25, 0.3) is 0 Å². The van der Waals surface area contributed by atoms with Crippen molar-refractivity contribution in [1.82, 2.24) is 4.57 Å². The first kappa shape index (κ1) is 13.6. The van der Waals surface area contributed by atoms with E-state index in [0.717, 1.165) is 22.8 Å². The van der Waals surface area contributed by atoms with Crippen molar-refractivity contribution >= 4 is 17.2 Å². The van der Waals surface area contributed by atoms with E-state index in [1.54, 1.807) is 12.1 Å². The van der Waals surface area contributed by atoms with E-state index < -0.39 is 0 Å². The summed E-state index contributed by atoms with van der Waals surface area (Å²) < 4.78 is 16.0. The van der Waals surface area contributed by atoms with Crippen LogP contribution in [0.4, 0.5) is 4.39 Å². The smallest absolute Gasteiger partial charge is 0.152 e. The first-order valence-electron chi connectivity index (χ1n) is 6.96. The van der Waals surface area contributed by atoms with Crippen LogP contribution in [-0.2, 0) is 0 Å². The molecular formula is C18H16FNO. The summed E-state index contributed by atoms with van der Waals surface area (Å²) in [7, 11) is 0. The number of carbonyl (C=O) groups excluding carboxylic acids is 1. The minimum Gasteiger partial charge on any atom is -0.344 e. The van der Waals surface area contributed by atoms with Gasteiger partial charge in [0.1, 0.15) is 5.82 Å². The number of carbonyl (C=O) groups is 1. The molecule has 0 bridgehead atoms. The number of nitrogens with zero attached hydrogens (tertiary/aromatic N) is 1. The summed E-state index contributed by atoms with van der Waals surface area (Å²) in [6.45, 7) is 4.14. The summed E-state index contributed by atoms with van der Waals surface area (Å²) in [4.78, 5) is 11.3. The molecule has 0 atom stereocenters. The third kappa shape index (κ3) is 2.25. The zero-order chi connectivity index (χ0) is 15.0. The molecule has 21 heavy (non-hydrogen) atoms. The Morgan fingerprint density at radius 1 is 1.14 bits per heavy atom. The number of rotatable bonds is 3. The van der Waals surface area contributed by atoms with Crippen molar-refractivity contribution in [1.29, 1.82) is 0 Å². The molecule has 1 heterocycles. The van der Waals surface area contributed by atoms with E-state index in [1.165, 1.54) is 6.07 Å². The molecule has 1 aromatic heterocycles. The van der Waals surface area contributed by atoms with E-state index in [9.17, 15) is 9.18 Å². The van der Waals surface area contributed by atoms with Gasteiger partial charge in [0.15, 0.2) is 6.29 Å². The molecule has 0 saturated heterocycles. The van der Waals surface area contributed by atoms with Gasteiger partial charge in [-0.3, -0.25) is 4.79 Å². The number of halogens is 1. The van der Waals surface area contributed by atoms with Gasteiger partial charge >= 0.3 is 0 Å². The Morgan fingerprint density at radius 2 is 1.90 bits per heavy atom. The zero-order valence-electron chi connectivity index (χ0n) is 12.0. The van der Waals surface area contributed by atoms with Crippen LogP contribution in [0.25, 0.3) is 22.0 Å². The minimum absolute atomic E-state index is 0.257. The number of aldehydes is 1. The average Bonchev–Trinajstić information content (AvgIpc) is 2.85. The van der Waals surface area contributed by atoms with Gasteiger partial charge in [0.2, 0.25) is 0 Å². The van der Waals surface area contributed by atoms with Crippen LogP contribution in [0.5, 0.6) is 0 Å². The monoisotopic (exact) mass is 281 g/mol. The van der Waals surface area contributed by atoms with E-state index in [2.05, 4.69) is 18.4 Å². The van der Waals surface area contributed by atoms with Gasteiger partial charge in [-0.2, -0.15) is 0 Å². The predicted octanol–water partition coefficient (Wildman–Crippen LogP) is 4.84. The zero-order valence-corrected chi connectivity index (χ0v) is 12.0. The average molecular weight is 281 g/mol. The Balaban J connectivity index is 2.25. The first-order chi connectivity index (χ1) is 10.1. The molecule has 0 unspecified atom stereocenters. The Bertz CT molecular complexity index is 817. The lowest BCUT2D eigenvalue weighted by molar-refractivity contribution is 0.112. The second-order valence-electron chi connectivity index (χ2n) is 5.42. The summed E-state index contributed by atoms with van der Waals surface area (Å²) in [6, 6.07) is 12.7. The number of hydrogen-bond acceptors (Lipinski definition) is 1. The minimum atomic E-state index is -0.257. The third-order valence-corrected chi connectivity index (χ3v) is 3.73. The van der Waals surface area contributed by atoms with Crippen molar-refractivity contribution in [3.05, 3.63) is 60.0 Å². The highest BCUT2D eigenvalue weighted by molar-refractivity contribution is 5.99. The van der Waals surface area contributed by atoms with Gasteiger partial charge in [-0.1, -0.05) is 24.3 Å². The van der Waals surface area contributed by atoms with Crippen molar-refractivity contribution < 1.29 is 9.18 Å². The standard InChI is InChI=1S/C18H16FNO/c1-12(2)20-10-14(11-21)16-9-13(7-8-18(16)20)15-5-3-4-6-17(15)19/h3-12H,1-2H3. The second kappa shape index (κ2) is 5.17. The van der Waals surface area contributed by atoms with Gasteiger partial charge in [0, 0.05) is 34.3 Å². The Hall–Kier alpha value is -2.42. The highest BCUT2D eigenvalue weighted by Crippen LogP contribution is 2.30. The SMILES string of the molecule is CC(C)n1cc(C=O)c2cc(-c3ccccc3F)ccc21. The molecule has 0 radical (unpaired) electrons. The van der Waals surface area contributed by atoms with Crippen molar-refractivity contribution in [2.75, 3.05) is 0 Å². The van der Waals surface area contributed by atoms with Crippen LogP contribution < -0.4 is 0 Å². The third-order valence-electron chi connectivity index (χ3n) is 3.73. The van der Waals surface area contributed by atoms with Crippen LogP contribution in [0, 0.1) is 5.82 Å². The normalized spacial score (nSPS) is 11.2. The molecule has 0 fully saturated rings. The summed E-state index contributed by atoms with van der Waals surface area (Å²) in [5.74, 6) is -0.257. The van der Waals surface area contributed by atoms with Crippen molar-refractivity contribution in [3.8, 4) is 11.1 Å². The van der Waals surface area contributed by atoms with Gasteiger partial charge in [0.05, 0.1) is 0 Å². The Labute approximate surface area is 122 Å². The van der Waals surface area contributed by atoms with Crippen LogP contribution in [0.15, 0.2) is 48.7 Å². The fourth-order valence-electron chi connectivity index (χ4n) is 2.67. The van der Waals surface area contributed by atoms with Crippen LogP contribution >= 0.6 is 0 Å². The van der Waals surface area contributed by atoms with E-state index in [0.29, 0.717) is 11.1 Å². The lowest BCUT2D eigenvalue weighted by atomic mass is 10.0. The molecular weight excluding hydrogens is 265 g/mol. The molecule has 106 valence electrons. The molecule has 0 aliphatic carbocycles. The van der Waals surface area contributed by atoms with Crippen molar-refractivity contribution in [3.63, 3.8) is 0 Å². The molecule has 0 saturated carbocycles. The van der Waals surface area contributed by atoms with Crippen molar-refractivity contribution in [2.24, 2.45) is 0 Å². The number of hydrogen-bond donors (Lipinski definition) is 0. The summed E-state index contributed by atoms with van der Waals surface area (Å²) in [5, 5.41) is 0.861. The largest absolute Gasteiger partial charge is 0.344 e. The molecule has 0 spiro atoms. The molecule has 0 aliphatic heterocycles. The molecule has 3 aromatic rings. The fraction of sp³-hybridized carbons (Fsp3) is 0.167. The van der Waals surface area contributed by atoms with Crippen LogP contribution in [0.1, 0.15) is 30.2 Å². The van der Waals surface area contributed by atoms with Crippen molar-refractivity contribution in [2.45, 2.75) is 19.9 Å². The quantitative estimate of drug-likeness (QED) is 0.629. The predicted molar refractivity (Wildman–Crippen MR) is 83.1 cm³/mol. The van der Waals surface area contributed by atoms with Gasteiger partial charge in [-0.25, -0.2) is 4.39 Å². The van der Waals surface area contributed by atoms with Gasteiger partial charge < -0.3 is 4.57 Å². The Morgan fingerprint density at radius 3 is 2.57 bits per heavy atom. The first-order valence-corrected chi connectivity index (χ1v) is 6.96. The van der Waals surface area contributed by atoms with Crippen LogP contribution in [0.2, 0.25) is 0 Å². The fourth-order valence-corrected chi connectivity index (χ4v) is 2.67. The molecule has 2 aromatic carbocycles. The highest BCUT2D eigenvalue weighted by atomic mass is 19.1. The topological polar surface area (TPSA) is 22.0 Å². The summed E-state index contributed by atoms with van der Waals surface area (Å²) in [5.41, 5.74) is 2.96. The second-order valence-corrected chi connectivity index (χ2v) is 5.42. The molecule has 3 heteroatoms. The van der Waals surface area contributed by atoms with E-state index in [-0.39, 0.29) is 11.9 Å². The number of fused-ring (bicyclic) bond motifs is 1. The maximum Gasteiger partial charge on any atom is 0.152 e. The molecule has 0 amide bonds. The van der Waals surface area contributed by atoms with Crippen LogP contribution in [-0.4, -0.2) is 10.9 Å². The van der Waals surface area contributed by atoms with Gasteiger partial charge in [-0.05, 0) is 37.6 Å². The summed E-state index contributed by atoms with van der Waals surface area (Å²) in [6.07, 6.45) is 2.71. The molecule has 0 aliphatic rings. The lowest BCUT2D eigenvalue weighted by Gasteiger charge is -2.10. The highest BCUT2D eigenvalue weighted by Gasteiger charge is 2.12. The molecule has 3 rings (SSSR count). The number of benzene rings is 2. The van der Waals surface area contributed by atoms with E-state index >= 15 is 0 Å². The van der Waals surface area contributed by atoms with Crippen LogP contribution in [0.3, 0.4) is 0 Å². The maximum absolute atomic E-state index is 13.9. The maximum atomic E-state index is 13.9.